The summed E-state index contributed by atoms with van der Waals surface area (Å²) >= 11 is 0. The number of aromatic nitrogens is 2. The van der Waals surface area contributed by atoms with Crippen LogP contribution in [0.15, 0.2) is 15.8 Å². The molecular formula is C15H20N2O7. The lowest BCUT2D eigenvalue weighted by molar-refractivity contribution is -0.150. The van der Waals surface area contributed by atoms with Crippen LogP contribution in [0, 0.1) is 5.92 Å². The molecule has 2 rings (SSSR count). The zero-order valence-corrected chi connectivity index (χ0v) is 13.6. The van der Waals surface area contributed by atoms with Crippen LogP contribution < -0.4 is 11.2 Å². The third kappa shape index (κ3) is 3.40. The van der Waals surface area contributed by atoms with Crippen LogP contribution in [0.3, 0.4) is 0 Å². The van der Waals surface area contributed by atoms with Crippen LogP contribution in [0.25, 0.3) is 0 Å². The number of nitrogens with one attached hydrogen (secondary N) is 1. The minimum atomic E-state index is -0.905. The first-order chi connectivity index (χ1) is 11.8. The summed E-state index contributed by atoms with van der Waals surface area (Å²) in [6.07, 6.45) is -1.28. The number of H-pyrrole nitrogens is 1. The first-order valence-corrected chi connectivity index (χ1v) is 7.44. The van der Waals surface area contributed by atoms with Gasteiger partial charge in [0.2, 0.25) is 0 Å². The van der Waals surface area contributed by atoms with Gasteiger partial charge >= 0.3 is 17.6 Å². The minimum absolute atomic E-state index is 0.0726. The number of carbonyl (C=O) groups excluding carboxylic acids is 2. The van der Waals surface area contributed by atoms with Crippen LogP contribution in [-0.2, 0) is 19.0 Å². The second-order valence-electron chi connectivity index (χ2n) is 5.43. The Balaban J connectivity index is 2.42. The maximum atomic E-state index is 12.1. The highest BCUT2D eigenvalue weighted by molar-refractivity contribution is 5.88. The highest BCUT2D eigenvalue weighted by atomic mass is 16.6. The zero-order valence-electron chi connectivity index (χ0n) is 14.6. The molecule has 1 aliphatic rings. The van der Waals surface area contributed by atoms with E-state index in [4.69, 9.17) is 15.6 Å². The maximum absolute atomic E-state index is 12.1. The number of aromatic amines is 1. The molecule has 9 heteroatoms. The van der Waals surface area contributed by atoms with E-state index in [1.807, 2.05) is 4.98 Å². The van der Waals surface area contributed by atoms with Crippen LogP contribution in [0.2, 0.25) is 0 Å². The summed E-state index contributed by atoms with van der Waals surface area (Å²) in [5, 5.41) is 0. The summed E-state index contributed by atoms with van der Waals surface area (Å²) in [6, 6.07) is 0. The van der Waals surface area contributed by atoms with Crippen LogP contribution >= 0.6 is 0 Å². The van der Waals surface area contributed by atoms with Crippen molar-refractivity contribution in [3.05, 3.63) is 32.6 Å². The topological polar surface area (TPSA) is 117 Å². The molecule has 0 radical (unpaired) electrons. The molecular weight excluding hydrogens is 320 g/mol. The van der Waals surface area contributed by atoms with Crippen molar-refractivity contribution in [2.45, 2.75) is 46.1 Å². The van der Waals surface area contributed by atoms with Gasteiger partial charge in [0.05, 0.1) is 12.7 Å². The first kappa shape index (κ1) is 16.4. The van der Waals surface area contributed by atoms with Crippen molar-refractivity contribution in [3.63, 3.8) is 0 Å². The molecule has 0 bridgehead atoms. The highest BCUT2D eigenvalue weighted by Crippen LogP contribution is 2.35. The summed E-state index contributed by atoms with van der Waals surface area (Å²) in [4.78, 5) is 49.1. The summed E-state index contributed by atoms with van der Waals surface area (Å²) in [7, 11) is 0. The molecule has 1 aromatic rings. The number of carbonyl (C=O) groups is 2. The van der Waals surface area contributed by atoms with Crippen molar-refractivity contribution in [3.8, 4) is 0 Å². The van der Waals surface area contributed by atoms with Crippen LogP contribution in [-0.4, -0.2) is 40.3 Å². The van der Waals surface area contributed by atoms with Gasteiger partial charge in [-0.2, -0.15) is 0 Å². The summed E-state index contributed by atoms with van der Waals surface area (Å²) in [6.45, 7) is 4.42. The van der Waals surface area contributed by atoms with E-state index in [1.165, 1.54) is 6.92 Å². The molecule has 0 aromatic carbocycles. The lowest BCUT2D eigenvalue weighted by Crippen LogP contribution is -2.37. The molecule has 1 unspecified atom stereocenters. The molecule has 1 N–H and O–H groups in total. The quantitative estimate of drug-likeness (QED) is 0.777. The number of hydrogen-bond acceptors (Lipinski definition) is 7. The number of ether oxygens (including phenoxy) is 3. The number of hydrogen-bond donors (Lipinski definition) is 1. The SMILES string of the molecule is [2H]C[C@H]1O[C@@H](n2cc(C(=O)OCC)c(=O)[nH]c2=O)C(C)[C@H]1OC(C)=O. The molecule has 0 aliphatic carbocycles. The molecule has 0 saturated carbocycles. The van der Waals surface area contributed by atoms with Gasteiger partial charge in [0.25, 0.3) is 5.56 Å². The van der Waals surface area contributed by atoms with E-state index in [2.05, 4.69) is 0 Å². The monoisotopic (exact) mass is 341 g/mol. The van der Waals surface area contributed by atoms with E-state index in [1.54, 1.807) is 13.8 Å². The van der Waals surface area contributed by atoms with E-state index in [0.717, 1.165) is 10.8 Å². The van der Waals surface area contributed by atoms with Crippen molar-refractivity contribution in [1.82, 2.24) is 9.55 Å². The molecule has 0 spiro atoms. The summed E-state index contributed by atoms with van der Waals surface area (Å²) in [5.41, 5.74) is -1.98. The normalized spacial score (nSPS) is 26.7. The lowest BCUT2D eigenvalue weighted by atomic mass is 10.0. The number of rotatable bonds is 4. The molecule has 0 amide bonds. The largest absolute Gasteiger partial charge is 0.462 e. The second-order valence-corrected chi connectivity index (χ2v) is 5.43. The molecule has 4 atom stereocenters. The van der Waals surface area contributed by atoms with Crippen LogP contribution in [0.4, 0.5) is 0 Å². The van der Waals surface area contributed by atoms with E-state index in [0.29, 0.717) is 0 Å². The average Bonchev–Trinajstić information content (AvgIpc) is 2.83. The van der Waals surface area contributed by atoms with Crippen molar-refractivity contribution in [2.24, 2.45) is 5.92 Å². The van der Waals surface area contributed by atoms with Gasteiger partial charge in [-0.3, -0.25) is 19.1 Å². The summed E-state index contributed by atoms with van der Waals surface area (Å²) < 4.78 is 24.2. The molecule has 1 aliphatic heterocycles. The predicted octanol–water partition coefficient (Wildman–Crippen LogP) is 0.198. The molecule has 1 aromatic heterocycles. The van der Waals surface area contributed by atoms with Crippen LogP contribution in [0.1, 0.15) is 45.6 Å². The molecule has 1 fully saturated rings. The fourth-order valence-corrected chi connectivity index (χ4v) is 2.60. The Hall–Kier alpha value is -2.42. The Labute approximate surface area is 138 Å². The van der Waals surface area contributed by atoms with Gasteiger partial charge in [-0.05, 0) is 13.8 Å². The second kappa shape index (κ2) is 7.00. The third-order valence-electron chi connectivity index (χ3n) is 3.69. The molecule has 132 valence electrons. The third-order valence-corrected chi connectivity index (χ3v) is 3.69. The predicted molar refractivity (Wildman–Crippen MR) is 81.6 cm³/mol. The Morgan fingerprint density at radius 3 is 2.75 bits per heavy atom. The van der Waals surface area contributed by atoms with E-state index < -0.39 is 47.5 Å². The Morgan fingerprint density at radius 2 is 2.17 bits per heavy atom. The van der Waals surface area contributed by atoms with Gasteiger partial charge in [-0.15, -0.1) is 0 Å². The van der Waals surface area contributed by atoms with Crippen molar-refractivity contribution < 1.29 is 25.2 Å². The minimum Gasteiger partial charge on any atom is -0.462 e. The first-order valence-electron chi connectivity index (χ1n) is 8.15. The van der Waals surface area contributed by atoms with E-state index in [9.17, 15) is 19.2 Å². The smallest absolute Gasteiger partial charge is 0.345 e. The van der Waals surface area contributed by atoms with Crippen LogP contribution in [0.5, 0.6) is 0 Å². The molecule has 9 nitrogen and oxygen atoms in total. The van der Waals surface area contributed by atoms with Gasteiger partial charge in [-0.25, -0.2) is 9.59 Å². The van der Waals surface area contributed by atoms with Gasteiger partial charge in [-0.1, -0.05) is 6.92 Å². The molecule has 2 heterocycles. The number of nitrogens with zero attached hydrogens (tertiary/aromatic N) is 1. The Morgan fingerprint density at radius 1 is 1.46 bits per heavy atom. The maximum Gasteiger partial charge on any atom is 0.345 e. The zero-order chi connectivity index (χ0) is 18.7. The van der Waals surface area contributed by atoms with Gasteiger partial charge in [0.1, 0.15) is 17.9 Å². The van der Waals surface area contributed by atoms with Gasteiger partial charge < -0.3 is 14.2 Å². The fraction of sp³-hybridized carbons (Fsp3) is 0.600. The van der Waals surface area contributed by atoms with E-state index in [-0.39, 0.29) is 19.1 Å². The Bertz CT molecular complexity index is 772. The van der Waals surface area contributed by atoms with Crippen molar-refractivity contribution in [1.29, 1.82) is 0 Å². The standard InChI is InChI=1S/C15H20N2O7/c1-5-22-14(20)10-6-17(15(21)16-12(10)19)13-7(2)11(8(3)23-13)24-9(4)18/h6-8,11,13H,5H2,1-4H3,(H,16,19,21)/t7?,8-,11-,13-/m1/s1/i3D. The highest BCUT2D eigenvalue weighted by Gasteiger charge is 2.43. The lowest BCUT2D eigenvalue weighted by Gasteiger charge is -2.20. The molecule has 24 heavy (non-hydrogen) atoms. The fourth-order valence-electron chi connectivity index (χ4n) is 2.60. The Kier molecular flexibility index (Phi) is 4.79. The van der Waals surface area contributed by atoms with Crippen molar-refractivity contribution in [2.75, 3.05) is 6.61 Å². The molecule has 1 saturated heterocycles. The number of esters is 2. The van der Waals surface area contributed by atoms with E-state index >= 15 is 0 Å². The average molecular weight is 341 g/mol. The van der Waals surface area contributed by atoms with Gasteiger partial charge in [0.15, 0.2) is 0 Å². The van der Waals surface area contributed by atoms with Crippen molar-refractivity contribution >= 4 is 11.9 Å². The summed E-state index contributed by atoms with van der Waals surface area (Å²) in [5.74, 6) is -1.87. The van der Waals surface area contributed by atoms with Gasteiger partial charge in [0, 0.05) is 20.4 Å².